The molecular weight excluding hydrogens is 420 g/mol. The maximum Gasteiger partial charge on any atom is 0.220 e. The second kappa shape index (κ2) is 17.2. The Morgan fingerprint density at radius 1 is 0.767 bits per heavy atom. The zero-order valence-electron chi connectivity index (χ0n) is 19.9. The van der Waals surface area contributed by atoms with Crippen molar-refractivity contribution in [3.8, 4) is 0 Å². The van der Waals surface area contributed by atoms with Crippen molar-refractivity contribution in [1.82, 2.24) is 10.6 Å². The van der Waals surface area contributed by atoms with Crippen LogP contribution in [0.15, 0.2) is 0 Å². The van der Waals surface area contributed by atoms with Crippen LogP contribution in [0.5, 0.6) is 0 Å². The van der Waals surface area contributed by atoms with E-state index in [1.807, 2.05) is 6.26 Å². The minimum atomic E-state index is -0.118. The molecule has 8 heteroatoms. The van der Waals surface area contributed by atoms with E-state index in [1.54, 1.807) is 23.5 Å². The van der Waals surface area contributed by atoms with Crippen LogP contribution in [0.25, 0.3) is 0 Å². The number of hydrogen-bond donors (Lipinski definition) is 2. The molecule has 0 saturated heterocycles. The SMILES string of the molecule is CSCCCC(=O)NCCOCC(C)(C)COCC(C)(C)CNC(=O)CCCSC. The lowest BCUT2D eigenvalue weighted by molar-refractivity contribution is -0.122. The van der Waals surface area contributed by atoms with E-state index in [1.165, 1.54) is 0 Å². The molecule has 0 aliphatic carbocycles. The van der Waals surface area contributed by atoms with Gasteiger partial charge in [-0.1, -0.05) is 27.7 Å². The average molecular weight is 465 g/mol. The second-order valence-corrected chi connectivity index (χ2v) is 11.2. The van der Waals surface area contributed by atoms with Crippen molar-refractivity contribution in [2.75, 3.05) is 63.5 Å². The number of amides is 2. The third-order valence-electron chi connectivity index (χ3n) is 4.32. The van der Waals surface area contributed by atoms with E-state index in [0.717, 1.165) is 24.3 Å². The molecule has 0 aromatic rings. The summed E-state index contributed by atoms with van der Waals surface area (Å²) >= 11 is 3.52. The lowest BCUT2D eigenvalue weighted by atomic mass is 9.93. The summed E-state index contributed by atoms with van der Waals surface area (Å²) in [6.07, 6.45) is 7.09. The first-order chi connectivity index (χ1) is 14.1. The van der Waals surface area contributed by atoms with Crippen LogP contribution in [0.4, 0.5) is 0 Å². The molecule has 0 spiro atoms. The molecule has 0 fully saturated rings. The van der Waals surface area contributed by atoms with Crippen LogP contribution >= 0.6 is 23.5 Å². The number of rotatable bonds is 19. The first-order valence-electron chi connectivity index (χ1n) is 10.8. The molecule has 0 aromatic carbocycles. The molecule has 0 bridgehead atoms. The van der Waals surface area contributed by atoms with Gasteiger partial charge in [0.05, 0.1) is 26.4 Å². The van der Waals surface area contributed by atoms with Crippen LogP contribution in [-0.4, -0.2) is 75.3 Å². The van der Waals surface area contributed by atoms with E-state index >= 15 is 0 Å². The van der Waals surface area contributed by atoms with Crippen molar-refractivity contribution in [2.45, 2.75) is 53.4 Å². The highest BCUT2D eigenvalue weighted by Gasteiger charge is 2.23. The van der Waals surface area contributed by atoms with Gasteiger partial charge in [0.1, 0.15) is 0 Å². The van der Waals surface area contributed by atoms with Crippen LogP contribution in [-0.2, 0) is 19.1 Å². The van der Waals surface area contributed by atoms with Crippen molar-refractivity contribution in [2.24, 2.45) is 10.8 Å². The van der Waals surface area contributed by atoms with Gasteiger partial charge in [0, 0.05) is 36.8 Å². The first kappa shape index (κ1) is 29.6. The molecule has 178 valence electrons. The van der Waals surface area contributed by atoms with Gasteiger partial charge in [-0.05, 0) is 36.9 Å². The number of hydrogen-bond acceptors (Lipinski definition) is 6. The van der Waals surface area contributed by atoms with E-state index in [2.05, 4.69) is 44.6 Å². The van der Waals surface area contributed by atoms with Crippen LogP contribution in [0, 0.1) is 10.8 Å². The summed E-state index contributed by atoms with van der Waals surface area (Å²) < 4.78 is 11.7. The lowest BCUT2D eigenvalue weighted by Crippen LogP contribution is -2.38. The Kier molecular flexibility index (Phi) is 16.9. The smallest absolute Gasteiger partial charge is 0.220 e. The fourth-order valence-corrected chi connectivity index (χ4v) is 3.44. The van der Waals surface area contributed by atoms with E-state index in [9.17, 15) is 9.59 Å². The Balaban J connectivity index is 3.88. The monoisotopic (exact) mass is 464 g/mol. The Morgan fingerprint density at radius 3 is 1.83 bits per heavy atom. The number of ether oxygens (including phenoxy) is 2. The van der Waals surface area contributed by atoms with Crippen LogP contribution < -0.4 is 10.6 Å². The molecule has 0 radical (unpaired) electrons. The topological polar surface area (TPSA) is 76.7 Å². The molecule has 0 unspecified atom stereocenters. The predicted molar refractivity (Wildman–Crippen MR) is 130 cm³/mol. The maximum absolute atomic E-state index is 11.9. The third-order valence-corrected chi connectivity index (χ3v) is 5.71. The zero-order chi connectivity index (χ0) is 22.9. The summed E-state index contributed by atoms with van der Waals surface area (Å²) in [4.78, 5) is 23.5. The molecule has 0 saturated carbocycles. The van der Waals surface area contributed by atoms with Crippen molar-refractivity contribution in [3.63, 3.8) is 0 Å². The van der Waals surface area contributed by atoms with E-state index in [-0.39, 0.29) is 22.6 Å². The Labute approximate surface area is 192 Å². The summed E-state index contributed by atoms with van der Waals surface area (Å²) in [6.45, 7) is 11.8. The van der Waals surface area contributed by atoms with E-state index in [4.69, 9.17) is 9.47 Å². The normalized spacial score (nSPS) is 12.1. The number of carbonyl (C=O) groups excluding carboxylic acids is 2. The Hall–Kier alpha value is -0.440. The quantitative estimate of drug-likeness (QED) is 0.285. The van der Waals surface area contributed by atoms with Gasteiger partial charge in [-0.15, -0.1) is 0 Å². The predicted octanol–water partition coefficient (Wildman–Crippen LogP) is 3.59. The van der Waals surface area contributed by atoms with Crippen LogP contribution in [0.1, 0.15) is 53.4 Å². The first-order valence-corrected chi connectivity index (χ1v) is 13.6. The maximum atomic E-state index is 11.9. The zero-order valence-corrected chi connectivity index (χ0v) is 21.6. The highest BCUT2D eigenvalue weighted by atomic mass is 32.2. The molecule has 0 aliphatic rings. The van der Waals surface area contributed by atoms with Gasteiger partial charge in [0.15, 0.2) is 0 Å². The van der Waals surface area contributed by atoms with Crippen molar-refractivity contribution in [1.29, 1.82) is 0 Å². The molecule has 0 atom stereocenters. The van der Waals surface area contributed by atoms with Gasteiger partial charge in [0.25, 0.3) is 0 Å². The molecule has 0 aliphatic heterocycles. The van der Waals surface area contributed by atoms with Crippen molar-refractivity contribution >= 4 is 35.3 Å². The van der Waals surface area contributed by atoms with Crippen LogP contribution in [0.3, 0.4) is 0 Å². The molecule has 2 amide bonds. The summed E-state index contributed by atoms with van der Waals surface area (Å²) in [5, 5.41) is 5.90. The molecule has 6 nitrogen and oxygen atoms in total. The summed E-state index contributed by atoms with van der Waals surface area (Å²) in [7, 11) is 0. The summed E-state index contributed by atoms with van der Waals surface area (Å²) in [5.41, 5.74) is -0.230. The minimum Gasteiger partial charge on any atom is -0.380 e. The fraction of sp³-hybridized carbons (Fsp3) is 0.909. The molecule has 2 N–H and O–H groups in total. The molecular formula is C22H44N2O4S2. The molecule has 0 rings (SSSR count). The van der Waals surface area contributed by atoms with Gasteiger partial charge in [-0.3, -0.25) is 9.59 Å². The van der Waals surface area contributed by atoms with Gasteiger partial charge in [-0.2, -0.15) is 23.5 Å². The van der Waals surface area contributed by atoms with Crippen molar-refractivity contribution in [3.05, 3.63) is 0 Å². The second-order valence-electron chi connectivity index (χ2n) is 9.19. The highest BCUT2D eigenvalue weighted by Crippen LogP contribution is 2.20. The summed E-state index contributed by atoms with van der Waals surface area (Å²) in [6, 6.07) is 0. The van der Waals surface area contributed by atoms with E-state index < -0.39 is 0 Å². The third kappa shape index (κ3) is 18.3. The van der Waals surface area contributed by atoms with Gasteiger partial charge < -0.3 is 20.1 Å². The largest absolute Gasteiger partial charge is 0.380 e. The summed E-state index contributed by atoms with van der Waals surface area (Å²) in [5.74, 6) is 2.23. The Morgan fingerprint density at radius 2 is 1.27 bits per heavy atom. The van der Waals surface area contributed by atoms with Crippen molar-refractivity contribution < 1.29 is 19.1 Å². The lowest BCUT2D eigenvalue weighted by Gasteiger charge is -2.29. The number of nitrogens with one attached hydrogen (secondary N) is 2. The minimum absolute atomic E-state index is 0.0915. The van der Waals surface area contributed by atoms with Gasteiger partial charge in [-0.25, -0.2) is 0 Å². The Bertz CT molecular complexity index is 474. The number of thioether (sulfide) groups is 2. The molecule has 30 heavy (non-hydrogen) atoms. The average Bonchev–Trinajstić information content (AvgIpc) is 2.66. The van der Waals surface area contributed by atoms with Gasteiger partial charge in [0.2, 0.25) is 11.8 Å². The molecule has 0 heterocycles. The highest BCUT2D eigenvalue weighted by molar-refractivity contribution is 7.98. The number of carbonyl (C=O) groups is 2. The molecule has 0 aromatic heterocycles. The van der Waals surface area contributed by atoms with Gasteiger partial charge >= 0.3 is 0 Å². The van der Waals surface area contributed by atoms with E-state index in [0.29, 0.717) is 52.4 Å². The fourth-order valence-electron chi connectivity index (χ4n) is 2.58. The standard InChI is InChI=1S/C22H44N2O4S2/c1-21(2,15-24-20(26)10-8-14-30-6)16-28-18-22(3,4)17-27-12-11-23-19(25)9-7-13-29-5/h7-18H2,1-6H3,(H,23,25)(H,24,26). The van der Waals surface area contributed by atoms with Crippen LogP contribution in [0.2, 0.25) is 0 Å².